The molecule has 0 bridgehead atoms. The van der Waals surface area contributed by atoms with Gasteiger partial charge in [-0.25, -0.2) is 14.4 Å². The van der Waals surface area contributed by atoms with Crippen molar-refractivity contribution in [3.8, 4) is 0 Å². The summed E-state index contributed by atoms with van der Waals surface area (Å²) in [5.74, 6) is -0.429. The van der Waals surface area contributed by atoms with E-state index in [1.807, 2.05) is 0 Å². The van der Waals surface area contributed by atoms with Crippen LogP contribution in [0.1, 0.15) is 12.7 Å². The van der Waals surface area contributed by atoms with E-state index >= 15 is 0 Å². The zero-order valence-corrected chi connectivity index (χ0v) is 16.0. The van der Waals surface area contributed by atoms with Gasteiger partial charge in [-0.3, -0.25) is 4.79 Å². The molecule has 3 N–H and O–H groups in total. The highest BCUT2D eigenvalue weighted by atomic mass is 35.5. The third-order valence-electron chi connectivity index (χ3n) is 4.73. The number of allylic oxidation sites excluding steroid dienone is 2. The number of halogens is 2. The Morgan fingerprint density at radius 2 is 2.14 bits per heavy atom. The van der Waals surface area contributed by atoms with Crippen molar-refractivity contribution in [1.29, 1.82) is 0 Å². The van der Waals surface area contributed by atoms with Crippen LogP contribution in [0.4, 0.5) is 10.2 Å². The standard InChI is InChI=1S/C18H20ClFN6O2/c1-10(18(27)26-2-4-28-5-3-26)24-17-14(20)9-23-16(25-17)13-8-22-15-12(13)6-11(19)7-21-15/h6-10,15,21-22H,2-5H2,1H3,(H,23,24,25)/t10-,15?/m1/s1. The van der Waals surface area contributed by atoms with Gasteiger partial charge in [0.25, 0.3) is 0 Å². The summed E-state index contributed by atoms with van der Waals surface area (Å²) in [5.41, 5.74) is 1.57. The molecule has 3 aliphatic rings. The molecule has 1 aromatic rings. The maximum atomic E-state index is 14.3. The van der Waals surface area contributed by atoms with Gasteiger partial charge in [-0.2, -0.15) is 0 Å². The smallest absolute Gasteiger partial charge is 0.244 e. The molecule has 148 valence electrons. The second kappa shape index (κ2) is 7.76. The maximum Gasteiger partial charge on any atom is 0.244 e. The number of hydrogen-bond acceptors (Lipinski definition) is 7. The fraction of sp³-hybridized carbons (Fsp3) is 0.389. The number of amides is 1. The molecule has 10 heteroatoms. The highest BCUT2D eigenvalue weighted by Crippen LogP contribution is 2.31. The number of ether oxygens (including phenoxy) is 1. The Morgan fingerprint density at radius 3 is 2.93 bits per heavy atom. The number of fused-ring (bicyclic) bond motifs is 1. The van der Waals surface area contributed by atoms with Crippen molar-refractivity contribution in [3.05, 3.63) is 46.9 Å². The molecule has 0 aliphatic carbocycles. The molecule has 0 saturated carbocycles. The van der Waals surface area contributed by atoms with E-state index in [1.165, 1.54) is 0 Å². The summed E-state index contributed by atoms with van der Waals surface area (Å²) in [6, 6.07) is -0.633. The monoisotopic (exact) mass is 406 g/mol. The van der Waals surface area contributed by atoms with Crippen LogP contribution in [-0.2, 0) is 9.53 Å². The minimum atomic E-state index is -0.633. The topological polar surface area (TPSA) is 91.4 Å². The highest BCUT2D eigenvalue weighted by Gasteiger charge is 2.28. The lowest BCUT2D eigenvalue weighted by Crippen LogP contribution is -2.47. The van der Waals surface area contributed by atoms with Crippen LogP contribution < -0.4 is 16.0 Å². The molecule has 1 amide bonds. The van der Waals surface area contributed by atoms with E-state index in [0.29, 0.717) is 42.7 Å². The lowest BCUT2D eigenvalue weighted by Gasteiger charge is -2.29. The Balaban J connectivity index is 1.53. The molecule has 3 aliphatic heterocycles. The van der Waals surface area contributed by atoms with Gasteiger partial charge >= 0.3 is 0 Å². The molecular formula is C18H20ClFN6O2. The lowest BCUT2D eigenvalue weighted by atomic mass is 10.0. The van der Waals surface area contributed by atoms with Gasteiger partial charge < -0.3 is 25.6 Å². The van der Waals surface area contributed by atoms with Crippen molar-refractivity contribution >= 4 is 28.9 Å². The van der Waals surface area contributed by atoms with Crippen molar-refractivity contribution in [2.75, 3.05) is 31.6 Å². The average molecular weight is 407 g/mol. The Bertz CT molecular complexity index is 881. The van der Waals surface area contributed by atoms with Crippen LogP contribution in [0.25, 0.3) is 5.57 Å². The van der Waals surface area contributed by atoms with Crippen molar-refractivity contribution in [3.63, 3.8) is 0 Å². The van der Waals surface area contributed by atoms with Gasteiger partial charge in [-0.05, 0) is 13.0 Å². The van der Waals surface area contributed by atoms with Crippen LogP contribution in [0.15, 0.2) is 35.3 Å². The molecule has 2 atom stereocenters. The third kappa shape index (κ3) is 3.67. The van der Waals surface area contributed by atoms with Crippen LogP contribution in [0.2, 0.25) is 0 Å². The number of nitrogens with one attached hydrogen (secondary N) is 3. The van der Waals surface area contributed by atoms with E-state index in [9.17, 15) is 9.18 Å². The van der Waals surface area contributed by atoms with Gasteiger partial charge in [0, 0.05) is 36.6 Å². The predicted octanol–water partition coefficient (Wildman–Crippen LogP) is 1.15. The number of rotatable bonds is 4. The molecular weight excluding hydrogens is 387 g/mol. The zero-order chi connectivity index (χ0) is 19.7. The van der Waals surface area contributed by atoms with E-state index in [2.05, 4.69) is 25.9 Å². The summed E-state index contributed by atoms with van der Waals surface area (Å²) in [4.78, 5) is 22.7. The van der Waals surface area contributed by atoms with Crippen molar-refractivity contribution < 1.29 is 13.9 Å². The Morgan fingerprint density at radius 1 is 1.39 bits per heavy atom. The normalized spacial score (nSPS) is 22.2. The summed E-state index contributed by atoms with van der Waals surface area (Å²) in [6.45, 7) is 3.75. The maximum absolute atomic E-state index is 14.3. The molecule has 1 aromatic heterocycles. The summed E-state index contributed by atoms with van der Waals surface area (Å²) in [6.07, 6.45) is 6.21. The van der Waals surface area contributed by atoms with Crippen LogP contribution in [0.5, 0.6) is 0 Å². The third-order valence-corrected chi connectivity index (χ3v) is 4.95. The zero-order valence-electron chi connectivity index (χ0n) is 15.2. The summed E-state index contributed by atoms with van der Waals surface area (Å²) in [7, 11) is 0. The number of hydrogen-bond donors (Lipinski definition) is 3. The van der Waals surface area contributed by atoms with Crippen LogP contribution in [0, 0.1) is 5.82 Å². The molecule has 1 unspecified atom stereocenters. The van der Waals surface area contributed by atoms with Gasteiger partial charge in [0.15, 0.2) is 17.5 Å². The number of morpholine rings is 1. The largest absolute Gasteiger partial charge is 0.378 e. The van der Waals surface area contributed by atoms with Crippen molar-refractivity contribution in [1.82, 2.24) is 25.5 Å². The number of nitrogens with zero attached hydrogens (tertiary/aromatic N) is 3. The van der Waals surface area contributed by atoms with Gasteiger partial charge in [0.05, 0.1) is 24.4 Å². The first-order valence-electron chi connectivity index (χ1n) is 8.99. The first-order chi connectivity index (χ1) is 13.5. The average Bonchev–Trinajstić information content (AvgIpc) is 3.12. The first kappa shape index (κ1) is 18.7. The highest BCUT2D eigenvalue weighted by molar-refractivity contribution is 6.31. The fourth-order valence-corrected chi connectivity index (χ4v) is 3.44. The minimum absolute atomic E-state index is 0.0190. The SMILES string of the molecule is C[C@@H](Nc1nc(C2=CNC3NC=C(Cl)C=C23)ncc1F)C(=O)N1CCOCC1. The predicted molar refractivity (Wildman–Crippen MR) is 103 cm³/mol. The number of dihydropyridines is 1. The van der Waals surface area contributed by atoms with Gasteiger partial charge in [0.2, 0.25) is 5.91 Å². The van der Waals surface area contributed by atoms with E-state index in [0.717, 1.165) is 11.8 Å². The second-order valence-electron chi connectivity index (χ2n) is 6.65. The van der Waals surface area contributed by atoms with Crippen molar-refractivity contribution in [2.24, 2.45) is 0 Å². The van der Waals surface area contributed by atoms with Gasteiger partial charge in [0.1, 0.15) is 12.2 Å². The number of carbonyl (C=O) groups excluding carboxylic acids is 1. The fourth-order valence-electron chi connectivity index (χ4n) is 3.26. The number of aromatic nitrogens is 2. The van der Waals surface area contributed by atoms with Crippen LogP contribution in [0.3, 0.4) is 0 Å². The molecule has 1 fully saturated rings. The van der Waals surface area contributed by atoms with E-state index in [1.54, 1.807) is 30.3 Å². The summed E-state index contributed by atoms with van der Waals surface area (Å²) in [5, 5.41) is 9.68. The molecule has 4 heterocycles. The lowest BCUT2D eigenvalue weighted by molar-refractivity contribution is -0.135. The molecule has 4 rings (SSSR count). The quantitative estimate of drug-likeness (QED) is 0.691. The molecule has 8 nitrogen and oxygen atoms in total. The Kier molecular flexibility index (Phi) is 5.19. The number of carbonyl (C=O) groups is 1. The summed E-state index contributed by atoms with van der Waals surface area (Å²) < 4.78 is 19.6. The second-order valence-corrected chi connectivity index (χ2v) is 7.08. The van der Waals surface area contributed by atoms with E-state index < -0.39 is 11.9 Å². The first-order valence-corrected chi connectivity index (χ1v) is 9.36. The van der Waals surface area contributed by atoms with Crippen molar-refractivity contribution in [2.45, 2.75) is 19.1 Å². The molecule has 0 aromatic carbocycles. The number of anilines is 1. The minimum Gasteiger partial charge on any atom is -0.378 e. The van der Waals surface area contributed by atoms with E-state index in [4.69, 9.17) is 16.3 Å². The van der Waals surface area contributed by atoms with E-state index in [-0.39, 0.29) is 17.9 Å². The summed E-state index contributed by atoms with van der Waals surface area (Å²) >= 11 is 6.07. The molecule has 0 spiro atoms. The Labute approximate surface area is 166 Å². The van der Waals surface area contributed by atoms with Crippen LogP contribution >= 0.6 is 11.6 Å². The van der Waals surface area contributed by atoms with Gasteiger partial charge in [-0.15, -0.1) is 0 Å². The molecule has 1 saturated heterocycles. The molecule has 28 heavy (non-hydrogen) atoms. The van der Waals surface area contributed by atoms with Crippen LogP contribution in [-0.4, -0.2) is 59.3 Å². The Hall–Kier alpha value is -2.65. The van der Waals surface area contributed by atoms with Gasteiger partial charge in [-0.1, -0.05) is 11.6 Å². The molecule has 0 radical (unpaired) electrons.